The van der Waals surface area contributed by atoms with Gasteiger partial charge in [0.1, 0.15) is 0 Å². The molecular weight excluding hydrogens is 280 g/mol. The van der Waals surface area contributed by atoms with E-state index in [1.165, 1.54) is 5.56 Å². The first kappa shape index (κ1) is 16.5. The van der Waals surface area contributed by atoms with E-state index in [2.05, 4.69) is 17.4 Å². The fraction of sp³-hybridized carbons (Fsp3) is 0.529. The molecule has 1 heterocycles. The SMILES string of the molecule is COCCCNC(=O)[C@H]1CC(=O)N(CCc2ccccc2)C1. The maximum atomic E-state index is 12.0. The van der Waals surface area contributed by atoms with Crippen molar-refractivity contribution < 1.29 is 14.3 Å². The standard InChI is InChI=1S/C17H24N2O3/c1-22-11-5-9-18-17(21)15-12-16(20)19(13-15)10-8-14-6-3-2-4-7-14/h2-4,6-7,15H,5,8-13H2,1H3,(H,18,21)/t15-/m0/s1. The Bertz CT molecular complexity index is 490. The predicted octanol–water partition coefficient (Wildman–Crippen LogP) is 1.23. The Hall–Kier alpha value is -1.88. The van der Waals surface area contributed by atoms with Crippen LogP contribution in [0, 0.1) is 5.92 Å². The van der Waals surface area contributed by atoms with Crippen molar-refractivity contribution in [1.82, 2.24) is 10.2 Å². The lowest BCUT2D eigenvalue weighted by atomic mass is 10.1. The molecule has 1 fully saturated rings. The molecule has 5 heteroatoms. The highest BCUT2D eigenvalue weighted by atomic mass is 16.5. The van der Waals surface area contributed by atoms with Gasteiger partial charge in [-0.2, -0.15) is 0 Å². The van der Waals surface area contributed by atoms with E-state index >= 15 is 0 Å². The minimum atomic E-state index is -0.217. The Morgan fingerprint density at radius 3 is 2.86 bits per heavy atom. The first-order valence-electron chi connectivity index (χ1n) is 7.79. The number of likely N-dealkylation sites (tertiary alicyclic amines) is 1. The number of ether oxygens (including phenoxy) is 1. The molecule has 1 saturated heterocycles. The molecule has 0 saturated carbocycles. The van der Waals surface area contributed by atoms with Gasteiger partial charge in [0.15, 0.2) is 0 Å². The number of hydrogen-bond donors (Lipinski definition) is 1. The van der Waals surface area contributed by atoms with E-state index in [-0.39, 0.29) is 17.7 Å². The van der Waals surface area contributed by atoms with Crippen LogP contribution in [0.1, 0.15) is 18.4 Å². The molecule has 1 aliphatic rings. The smallest absolute Gasteiger partial charge is 0.225 e. The summed E-state index contributed by atoms with van der Waals surface area (Å²) in [6, 6.07) is 10.1. The van der Waals surface area contributed by atoms with Crippen LogP contribution in [0.4, 0.5) is 0 Å². The van der Waals surface area contributed by atoms with Gasteiger partial charge < -0.3 is 15.0 Å². The summed E-state index contributed by atoms with van der Waals surface area (Å²) in [4.78, 5) is 25.9. The molecule has 0 radical (unpaired) electrons. The lowest BCUT2D eigenvalue weighted by Gasteiger charge is -2.16. The molecule has 120 valence electrons. The summed E-state index contributed by atoms with van der Waals surface area (Å²) >= 11 is 0. The fourth-order valence-electron chi connectivity index (χ4n) is 2.65. The largest absolute Gasteiger partial charge is 0.385 e. The van der Waals surface area contributed by atoms with Gasteiger partial charge in [-0.25, -0.2) is 0 Å². The van der Waals surface area contributed by atoms with Crippen molar-refractivity contribution in [2.75, 3.05) is 33.4 Å². The van der Waals surface area contributed by atoms with Crippen LogP contribution in [0.2, 0.25) is 0 Å². The van der Waals surface area contributed by atoms with Crippen LogP contribution in [0.3, 0.4) is 0 Å². The highest BCUT2D eigenvalue weighted by Gasteiger charge is 2.33. The second-order valence-corrected chi connectivity index (χ2v) is 5.61. The highest BCUT2D eigenvalue weighted by molar-refractivity contribution is 5.89. The summed E-state index contributed by atoms with van der Waals surface area (Å²) in [6.45, 7) is 2.44. The first-order valence-corrected chi connectivity index (χ1v) is 7.79. The summed E-state index contributed by atoms with van der Waals surface area (Å²) < 4.78 is 4.94. The van der Waals surface area contributed by atoms with Gasteiger partial charge in [-0.1, -0.05) is 30.3 Å². The van der Waals surface area contributed by atoms with E-state index < -0.39 is 0 Å². The Morgan fingerprint density at radius 1 is 1.36 bits per heavy atom. The zero-order valence-electron chi connectivity index (χ0n) is 13.1. The zero-order chi connectivity index (χ0) is 15.8. The van der Waals surface area contributed by atoms with E-state index in [0.29, 0.717) is 32.7 Å². The molecular formula is C17H24N2O3. The van der Waals surface area contributed by atoms with Gasteiger partial charge in [0.25, 0.3) is 0 Å². The van der Waals surface area contributed by atoms with Crippen molar-refractivity contribution in [2.45, 2.75) is 19.3 Å². The van der Waals surface area contributed by atoms with Crippen molar-refractivity contribution >= 4 is 11.8 Å². The van der Waals surface area contributed by atoms with Gasteiger partial charge in [-0.05, 0) is 18.4 Å². The van der Waals surface area contributed by atoms with Crippen LogP contribution >= 0.6 is 0 Å². The van der Waals surface area contributed by atoms with Crippen molar-refractivity contribution in [1.29, 1.82) is 0 Å². The Kier molecular flexibility index (Phi) is 6.40. The molecule has 2 amide bonds. The number of amides is 2. The number of hydrogen-bond acceptors (Lipinski definition) is 3. The van der Waals surface area contributed by atoms with Crippen LogP contribution in [0.15, 0.2) is 30.3 Å². The Balaban J connectivity index is 1.74. The number of nitrogens with zero attached hydrogens (tertiary/aromatic N) is 1. The van der Waals surface area contributed by atoms with E-state index in [4.69, 9.17) is 4.74 Å². The summed E-state index contributed by atoms with van der Waals surface area (Å²) in [5, 5.41) is 2.88. The number of carbonyl (C=O) groups is 2. The Labute approximate surface area is 131 Å². The monoisotopic (exact) mass is 304 g/mol. The number of methoxy groups -OCH3 is 1. The molecule has 0 spiro atoms. The lowest BCUT2D eigenvalue weighted by molar-refractivity contribution is -0.129. The van der Waals surface area contributed by atoms with Crippen LogP contribution < -0.4 is 5.32 Å². The highest BCUT2D eigenvalue weighted by Crippen LogP contribution is 2.18. The van der Waals surface area contributed by atoms with Gasteiger partial charge in [-0.3, -0.25) is 9.59 Å². The topological polar surface area (TPSA) is 58.6 Å². The molecule has 0 aliphatic carbocycles. The molecule has 5 nitrogen and oxygen atoms in total. The van der Waals surface area contributed by atoms with Crippen molar-refractivity contribution in [2.24, 2.45) is 5.92 Å². The van der Waals surface area contributed by atoms with Crippen molar-refractivity contribution in [3.63, 3.8) is 0 Å². The van der Waals surface area contributed by atoms with Crippen molar-refractivity contribution in [3.05, 3.63) is 35.9 Å². The number of rotatable bonds is 8. The van der Waals surface area contributed by atoms with Gasteiger partial charge in [0.2, 0.25) is 11.8 Å². The molecule has 1 N–H and O–H groups in total. The maximum absolute atomic E-state index is 12.0. The van der Waals surface area contributed by atoms with Gasteiger partial charge in [0.05, 0.1) is 5.92 Å². The summed E-state index contributed by atoms with van der Waals surface area (Å²) in [7, 11) is 1.64. The quantitative estimate of drug-likeness (QED) is 0.735. The molecule has 1 atom stereocenters. The summed E-state index contributed by atoms with van der Waals surface area (Å²) in [5.41, 5.74) is 1.21. The van der Waals surface area contributed by atoms with Gasteiger partial charge >= 0.3 is 0 Å². The van der Waals surface area contributed by atoms with E-state index in [9.17, 15) is 9.59 Å². The van der Waals surface area contributed by atoms with Crippen LogP contribution in [-0.4, -0.2) is 50.1 Å². The van der Waals surface area contributed by atoms with Crippen LogP contribution in [-0.2, 0) is 20.7 Å². The van der Waals surface area contributed by atoms with Crippen LogP contribution in [0.5, 0.6) is 0 Å². The number of carbonyl (C=O) groups excluding carboxylic acids is 2. The third-order valence-electron chi connectivity index (χ3n) is 3.92. The molecule has 1 aromatic rings. The third kappa shape index (κ3) is 4.84. The minimum absolute atomic E-state index is 0.0216. The average molecular weight is 304 g/mol. The van der Waals surface area contributed by atoms with E-state index in [1.54, 1.807) is 12.0 Å². The molecule has 1 aromatic carbocycles. The molecule has 22 heavy (non-hydrogen) atoms. The first-order chi connectivity index (χ1) is 10.7. The zero-order valence-corrected chi connectivity index (χ0v) is 13.1. The molecule has 1 aliphatic heterocycles. The molecule has 0 aromatic heterocycles. The molecule has 0 unspecified atom stereocenters. The molecule has 2 rings (SSSR count). The number of nitrogens with one attached hydrogen (secondary N) is 1. The second kappa shape index (κ2) is 8.54. The summed E-state index contributed by atoms with van der Waals surface area (Å²) in [6.07, 6.45) is 1.94. The van der Waals surface area contributed by atoms with E-state index in [1.807, 2.05) is 18.2 Å². The summed E-state index contributed by atoms with van der Waals surface area (Å²) in [5.74, 6) is -0.162. The van der Waals surface area contributed by atoms with E-state index in [0.717, 1.165) is 12.8 Å². The van der Waals surface area contributed by atoms with Crippen LogP contribution in [0.25, 0.3) is 0 Å². The maximum Gasteiger partial charge on any atom is 0.225 e. The Morgan fingerprint density at radius 2 is 2.14 bits per heavy atom. The van der Waals surface area contributed by atoms with Gasteiger partial charge in [0, 0.05) is 39.8 Å². The van der Waals surface area contributed by atoms with Crippen molar-refractivity contribution in [3.8, 4) is 0 Å². The minimum Gasteiger partial charge on any atom is -0.385 e. The van der Waals surface area contributed by atoms with Gasteiger partial charge in [-0.15, -0.1) is 0 Å². The molecule has 0 bridgehead atoms. The fourth-order valence-corrected chi connectivity index (χ4v) is 2.65. The predicted molar refractivity (Wildman–Crippen MR) is 84.3 cm³/mol. The lowest BCUT2D eigenvalue weighted by Crippen LogP contribution is -2.34. The third-order valence-corrected chi connectivity index (χ3v) is 3.92. The normalized spacial score (nSPS) is 17.8. The number of benzene rings is 1. The average Bonchev–Trinajstić information content (AvgIpc) is 2.91. The second-order valence-electron chi connectivity index (χ2n) is 5.61.